The van der Waals surface area contributed by atoms with Crippen molar-refractivity contribution in [3.63, 3.8) is 0 Å². The molecule has 7 nitrogen and oxygen atoms in total. The van der Waals surface area contributed by atoms with Gasteiger partial charge in [0.2, 0.25) is 5.91 Å². The van der Waals surface area contributed by atoms with Crippen LogP contribution in [0, 0.1) is 11.8 Å². The molecule has 1 aliphatic carbocycles. The predicted molar refractivity (Wildman–Crippen MR) is 126 cm³/mol. The molecule has 2 unspecified atom stereocenters. The lowest BCUT2D eigenvalue weighted by Crippen LogP contribution is -2.42. The number of hydrogen-bond donors (Lipinski definition) is 1. The molecule has 0 aliphatic heterocycles. The number of thiazole rings is 1. The first-order chi connectivity index (χ1) is 15.1. The van der Waals surface area contributed by atoms with Crippen LogP contribution in [-0.2, 0) is 14.3 Å². The van der Waals surface area contributed by atoms with Gasteiger partial charge in [0.25, 0.3) is 5.91 Å². The Morgan fingerprint density at radius 3 is 2.41 bits per heavy atom. The summed E-state index contributed by atoms with van der Waals surface area (Å²) in [5.41, 5.74) is 0.359. The molecule has 2 amide bonds. The van der Waals surface area contributed by atoms with Gasteiger partial charge in [-0.1, -0.05) is 47.0 Å². The van der Waals surface area contributed by atoms with E-state index in [-0.39, 0.29) is 35.7 Å². The molecular weight excluding hydrogens is 426 g/mol. The number of hydrogen-bond acceptors (Lipinski definition) is 6. The highest BCUT2D eigenvalue weighted by molar-refractivity contribution is 7.09. The first kappa shape index (κ1) is 26.3. The van der Waals surface area contributed by atoms with Gasteiger partial charge in [0.05, 0.1) is 0 Å². The van der Waals surface area contributed by atoms with Gasteiger partial charge in [-0.15, -0.1) is 11.3 Å². The molecule has 1 saturated carbocycles. The molecule has 0 radical (unpaired) electrons. The average Bonchev–Trinajstić information content (AvgIpc) is 3.20. The van der Waals surface area contributed by atoms with Gasteiger partial charge in [0, 0.05) is 44.3 Å². The minimum absolute atomic E-state index is 0.0759. The number of amides is 2. The SMILES string of the molecule is CC(=O)OC(CC(C(C)C)N(C)C(=O)CC(C)C)c1nc(C(=O)NC2CCCCC2)cs1. The molecular formula is C24H39N3O4S. The summed E-state index contributed by atoms with van der Waals surface area (Å²) < 4.78 is 5.61. The lowest BCUT2D eigenvalue weighted by molar-refractivity contribution is -0.148. The van der Waals surface area contributed by atoms with Crippen LogP contribution in [0.4, 0.5) is 0 Å². The standard InChI is InChI=1S/C24H39N3O4S/c1-15(2)12-22(29)27(6)20(16(3)4)13-21(31-17(5)28)24-26-19(14-32-24)23(30)25-18-10-8-7-9-11-18/h14-16,18,20-21H,7-13H2,1-6H3,(H,25,30). The molecule has 0 saturated heterocycles. The van der Waals surface area contributed by atoms with Crippen LogP contribution in [0.2, 0.25) is 0 Å². The summed E-state index contributed by atoms with van der Waals surface area (Å²) in [6.07, 6.45) is 5.83. The number of ether oxygens (including phenoxy) is 1. The fourth-order valence-corrected chi connectivity index (χ4v) is 5.06. The van der Waals surface area contributed by atoms with E-state index in [1.165, 1.54) is 24.7 Å². The second-order valence-electron chi connectivity index (χ2n) is 9.63. The van der Waals surface area contributed by atoms with Gasteiger partial charge in [-0.2, -0.15) is 0 Å². The number of carbonyl (C=O) groups is 3. The van der Waals surface area contributed by atoms with Crippen molar-refractivity contribution in [2.75, 3.05) is 7.05 Å². The molecule has 0 bridgehead atoms. The Labute approximate surface area is 196 Å². The highest BCUT2D eigenvalue weighted by atomic mass is 32.1. The van der Waals surface area contributed by atoms with Crippen LogP contribution in [0.25, 0.3) is 0 Å². The summed E-state index contributed by atoms with van der Waals surface area (Å²) in [6.45, 7) is 9.52. The fourth-order valence-electron chi connectivity index (χ4n) is 4.22. The van der Waals surface area contributed by atoms with E-state index in [1.807, 2.05) is 20.9 Å². The van der Waals surface area contributed by atoms with Gasteiger partial charge in [0.1, 0.15) is 10.7 Å². The summed E-state index contributed by atoms with van der Waals surface area (Å²) >= 11 is 1.32. The van der Waals surface area contributed by atoms with Crippen molar-refractivity contribution in [2.45, 2.75) is 97.8 Å². The largest absolute Gasteiger partial charge is 0.455 e. The van der Waals surface area contributed by atoms with E-state index in [4.69, 9.17) is 4.74 Å². The molecule has 1 heterocycles. The summed E-state index contributed by atoms with van der Waals surface area (Å²) in [5, 5.41) is 5.39. The number of carbonyl (C=O) groups excluding carboxylic acids is 3. The van der Waals surface area contributed by atoms with Crippen LogP contribution in [-0.4, -0.2) is 46.8 Å². The maximum atomic E-state index is 12.7. The van der Waals surface area contributed by atoms with Crippen LogP contribution in [0.3, 0.4) is 0 Å². The third-order valence-electron chi connectivity index (χ3n) is 5.98. The van der Waals surface area contributed by atoms with Crippen molar-refractivity contribution in [2.24, 2.45) is 11.8 Å². The highest BCUT2D eigenvalue weighted by Gasteiger charge is 2.31. The Kier molecular flexibility index (Phi) is 10.1. The molecule has 1 aliphatic rings. The summed E-state index contributed by atoms with van der Waals surface area (Å²) in [5.74, 6) is -0.0657. The number of nitrogens with zero attached hydrogens (tertiary/aromatic N) is 2. The minimum atomic E-state index is -0.601. The summed E-state index contributed by atoms with van der Waals surface area (Å²) in [4.78, 5) is 43.5. The van der Waals surface area contributed by atoms with E-state index >= 15 is 0 Å². The third kappa shape index (κ3) is 7.87. The van der Waals surface area contributed by atoms with Gasteiger partial charge in [-0.05, 0) is 24.7 Å². The van der Waals surface area contributed by atoms with Crippen molar-refractivity contribution >= 4 is 29.1 Å². The normalized spacial score (nSPS) is 16.6. The molecule has 1 fully saturated rings. The average molecular weight is 466 g/mol. The van der Waals surface area contributed by atoms with E-state index in [9.17, 15) is 14.4 Å². The zero-order valence-electron chi connectivity index (χ0n) is 20.3. The Hall–Kier alpha value is -1.96. The Bertz CT molecular complexity index is 771. The molecule has 0 spiro atoms. The number of rotatable bonds is 10. The maximum absolute atomic E-state index is 12.7. The van der Waals surface area contributed by atoms with E-state index in [1.54, 1.807) is 10.3 Å². The monoisotopic (exact) mass is 465 g/mol. The predicted octanol–water partition coefficient (Wildman–Crippen LogP) is 4.73. The van der Waals surface area contributed by atoms with Crippen LogP contribution in [0.5, 0.6) is 0 Å². The fraction of sp³-hybridized carbons (Fsp3) is 0.750. The van der Waals surface area contributed by atoms with Crippen LogP contribution < -0.4 is 5.32 Å². The van der Waals surface area contributed by atoms with Gasteiger partial charge in [0.15, 0.2) is 6.10 Å². The van der Waals surface area contributed by atoms with Crippen LogP contribution in [0.1, 0.15) is 101 Å². The highest BCUT2D eigenvalue weighted by Crippen LogP contribution is 2.31. The zero-order valence-corrected chi connectivity index (χ0v) is 21.2. The molecule has 32 heavy (non-hydrogen) atoms. The second kappa shape index (κ2) is 12.3. The molecule has 180 valence electrons. The summed E-state index contributed by atoms with van der Waals surface area (Å²) in [6, 6.07) is 0.0885. The van der Waals surface area contributed by atoms with Crippen molar-refractivity contribution < 1.29 is 19.1 Å². The van der Waals surface area contributed by atoms with Crippen LogP contribution in [0.15, 0.2) is 5.38 Å². The van der Waals surface area contributed by atoms with Crippen molar-refractivity contribution in [1.82, 2.24) is 15.2 Å². The molecule has 2 atom stereocenters. The quantitative estimate of drug-likeness (QED) is 0.505. The van der Waals surface area contributed by atoms with E-state index < -0.39 is 12.1 Å². The first-order valence-corrected chi connectivity index (χ1v) is 12.7. The van der Waals surface area contributed by atoms with Crippen LogP contribution >= 0.6 is 11.3 Å². The van der Waals surface area contributed by atoms with Gasteiger partial charge in [-0.25, -0.2) is 4.98 Å². The van der Waals surface area contributed by atoms with E-state index in [0.29, 0.717) is 23.5 Å². The first-order valence-electron chi connectivity index (χ1n) is 11.8. The number of aromatic nitrogens is 1. The van der Waals surface area contributed by atoms with E-state index in [0.717, 1.165) is 25.7 Å². The smallest absolute Gasteiger partial charge is 0.303 e. The van der Waals surface area contributed by atoms with Gasteiger partial charge >= 0.3 is 5.97 Å². The van der Waals surface area contributed by atoms with E-state index in [2.05, 4.69) is 24.1 Å². The second-order valence-corrected chi connectivity index (χ2v) is 10.5. The molecule has 1 aromatic heterocycles. The number of nitrogens with one attached hydrogen (secondary N) is 1. The number of esters is 1. The van der Waals surface area contributed by atoms with Crippen molar-refractivity contribution in [1.29, 1.82) is 0 Å². The Balaban J connectivity index is 2.15. The molecule has 2 rings (SSSR count). The topological polar surface area (TPSA) is 88.6 Å². The van der Waals surface area contributed by atoms with Crippen molar-refractivity contribution in [3.05, 3.63) is 16.1 Å². The Morgan fingerprint density at radius 1 is 1.19 bits per heavy atom. The summed E-state index contributed by atoms with van der Waals surface area (Å²) in [7, 11) is 1.81. The lowest BCUT2D eigenvalue weighted by Gasteiger charge is -2.34. The molecule has 0 aromatic carbocycles. The van der Waals surface area contributed by atoms with Gasteiger partial charge < -0.3 is 15.0 Å². The Morgan fingerprint density at radius 2 is 1.84 bits per heavy atom. The molecule has 1 aromatic rings. The minimum Gasteiger partial charge on any atom is -0.455 e. The zero-order chi connectivity index (χ0) is 23.8. The third-order valence-corrected chi connectivity index (χ3v) is 6.91. The van der Waals surface area contributed by atoms with Crippen molar-refractivity contribution in [3.8, 4) is 0 Å². The molecule has 8 heteroatoms. The maximum Gasteiger partial charge on any atom is 0.303 e. The van der Waals surface area contributed by atoms with Gasteiger partial charge in [-0.3, -0.25) is 14.4 Å². The lowest BCUT2D eigenvalue weighted by atomic mass is 9.95. The molecule has 1 N–H and O–H groups in total.